The van der Waals surface area contributed by atoms with Crippen molar-refractivity contribution in [1.82, 2.24) is 20.2 Å². The standard InChI is InChI=1S/C23H18BrN5O2S/c24-18-11-9-17(10-12-18)22-27-28-23(29(22)19-6-2-1-3-7-19)32-15-21(31)26-25-14-16-5-4-8-20(30)13-16/h1-14,30H,15H2,(H,26,31)/b25-14-. The highest BCUT2D eigenvalue weighted by Crippen LogP contribution is 2.28. The van der Waals surface area contributed by atoms with Crippen LogP contribution in [0.1, 0.15) is 5.56 Å². The van der Waals surface area contributed by atoms with Gasteiger partial charge in [0.2, 0.25) is 0 Å². The van der Waals surface area contributed by atoms with E-state index in [9.17, 15) is 9.90 Å². The van der Waals surface area contributed by atoms with Crippen LogP contribution in [-0.4, -0.2) is 37.7 Å². The van der Waals surface area contributed by atoms with Gasteiger partial charge in [0.15, 0.2) is 11.0 Å². The number of thioether (sulfide) groups is 1. The van der Waals surface area contributed by atoms with Gasteiger partial charge >= 0.3 is 0 Å². The number of nitrogens with one attached hydrogen (secondary N) is 1. The number of halogens is 1. The molecule has 160 valence electrons. The zero-order valence-electron chi connectivity index (χ0n) is 16.7. The van der Waals surface area contributed by atoms with Crippen LogP contribution in [0.25, 0.3) is 17.1 Å². The normalized spacial score (nSPS) is 11.0. The summed E-state index contributed by atoms with van der Waals surface area (Å²) < 4.78 is 2.90. The number of amides is 1. The number of nitrogens with zero attached hydrogens (tertiary/aromatic N) is 4. The number of hydrazone groups is 1. The fraction of sp³-hybridized carbons (Fsp3) is 0.0435. The van der Waals surface area contributed by atoms with E-state index in [4.69, 9.17) is 0 Å². The number of aromatic nitrogens is 3. The number of hydrogen-bond acceptors (Lipinski definition) is 6. The first kappa shape index (κ1) is 21.8. The number of aromatic hydroxyl groups is 1. The quantitative estimate of drug-likeness (QED) is 0.216. The zero-order valence-corrected chi connectivity index (χ0v) is 19.1. The van der Waals surface area contributed by atoms with E-state index in [0.29, 0.717) is 16.5 Å². The molecular weight excluding hydrogens is 490 g/mol. The molecule has 0 saturated heterocycles. The molecule has 3 aromatic carbocycles. The van der Waals surface area contributed by atoms with Crippen LogP contribution >= 0.6 is 27.7 Å². The number of benzene rings is 3. The van der Waals surface area contributed by atoms with Crippen LogP contribution in [0.2, 0.25) is 0 Å². The molecule has 2 N–H and O–H groups in total. The average Bonchev–Trinajstić information content (AvgIpc) is 3.23. The van der Waals surface area contributed by atoms with E-state index in [0.717, 1.165) is 15.7 Å². The highest BCUT2D eigenvalue weighted by atomic mass is 79.9. The van der Waals surface area contributed by atoms with E-state index >= 15 is 0 Å². The molecule has 0 aliphatic carbocycles. The molecule has 1 heterocycles. The lowest BCUT2D eigenvalue weighted by atomic mass is 10.2. The summed E-state index contributed by atoms with van der Waals surface area (Å²) >= 11 is 4.72. The minimum Gasteiger partial charge on any atom is -0.508 e. The molecule has 1 aromatic heterocycles. The highest BCUT2D eigenvalue weighted by molar-refractivity contribution is 9.10. The number of para-hydroxylation sites is 1. The van der Waals surface area contributed by atoms with Gasteiger partial charge < -0.3 is 5.11 Å². The maximum absolute atomic E-state index is 12.3. The largest absolute Gasteiger partial charge is 0.508 e. The zero-order chi connectivity index (χ0) is 22.3. The van der Waals surface area contributed by atoms with Gasteiger partial charge in [-0.2, -0.15) is 5.10 Å². The van der Waals surface area contributed by atoms with E-state index in [1.807, 2.05) is 59.2 Å². The van der Waals surface area contributed by atoms with Gasteiger partial charge in [0.05, 0.1) is 12.0 Å². The van der Waals surface area contributed by atoms with Crippen LogP contribution in [0.15, 0.2) is 93.6 Å². The first-order valence-corrected chi connectivity index (χ1v) is 11.4. The van der Waals surface area contributed by atoms with Crippen molar-refractivity contribution in [2.24, 2.45) is 5.10 Å². The smallest absolute Gasteiger partial charge is 0.250 e. The summed E-state index contributed by atoms with van der Waals surface area (Å²) in [5.41, 5.74) is 4.99. The van der Waals surface area contributed by atoms with Crippen molar-refractivity contribution in [3.8, 4) is 22.8 Å². The molecule has 0 atom stereocenters. The molecule has 0 aliphatic heterocycles. The highest BCUT2D eigenvalue weighted by Gasteiger charge is 2.17. The summed E-state index contributed by atoms with van der Waals surface area (Å²) in [4.78, 5) is 12.3. The van der Waals surface area contributed by atoms with E-state index in [1.165, 1.54) is 18.0 Å². The average molecular weight is 508 g/mol. The maximum atomic E-state index is 12.3. The minimum absolute atomic E-state index is 0.114. The number of carbonyl (C=O) groups excluding carboxylic acids is 1. The fourth-order valence-corrected chi connectivity index (χ4v) is 3.91. The molecule has 0 saturated carbocycles. The number of rotatable bonds is 7. The predicted octanol–water partition coefficient (Wildman–Crippen LogP) is 4.64. The Kier molecular flexibility index (Phi) is 6.98. The fourth-order valence-electron chi connectivity index (χ4n) is 2.91. The molecule has 0 radical (unpaired) electrons. The predicted molar refractivity (Wildman–Crippen MR) is 129 cm³/mol. The van der Waals surface area contributed by atoms with E-state index in [2.05, 4.69) is 36.7 Å². The second kappa shape index (κ2) is 10.3. The van der Waals surface area contributed by atoms with Crippen molar-refractivity contribution in [3.63, 3.8) is 0 Å². The Hall–Kier alpha value is -3.43. The van der Waals surface area contributed by atoms with Gasteiger partial charge in [-0.05, 0) is 42.0 Å². The monoisotopic (exact) mass is 507 g/mol. The van der Waals surface area contributed by atoms with Crippen LogP contribution in [0.3, 0.4) is 0 Å². The summed E-state index contributed by atoms with van der Waals surface area (Å²) in [6, 6.07) is 24.2. The van der Waals surface area contributed by atoms with Gasteiger partial charge in [-0.15, -0.1) is 10.2 Å². The maximum Gasteiger partial charge on any atom is 0.250 e. The number of hydrogen-bond donors (Lipinski definition) is 2. The molecule has 0 bridgehead atoms. The van der Waals surface area contributed by atoms with Crippen LogP contribution in [0.4, 0.5) is 0 Å². The molecule has 0 aliphatic rings. The molecule has 0 fully saturated rings. The molecule has 7 nitrogen and oxygen atoms in total. The second-order valence-corrected chi connectivity index (χ2v) is 8.52. The Morgan fingerprint density at radius 2 is 1.84 bits per heavy atom. The van der Waals surface area contributed by atoms with E-state index < -0.39 is 0 Å². The molecule has 9 heteroatoms. The third-order valence-electron chi connectivity index (χ3n) is 4.36. The van der Waals surface area contributed by atoms with Gasteiger partial charge in [0.1, 0.15) is 5.75 Å². The first-order valence-electron chi connectivity index (χ1n) is 9.60. The Morgan fingerprint density at radius 3 is 2.59 bits per heavy atom. The van der Waals surface area contributed by atoms with Gasteiger partial charge in [0, 0.05) is 15.7 Å². The molecule has 4 rings (SSSR count). The van der Waals surface area contributed by atoms with Gasteiger partial charge in [-0.3, -0.25) is 9.36 Å². The van der Waals surface area contributed by atoms with Crippen molar-refractivity contribution in [2.75, 3.05) is 5.75 Å². The third-order valence-corrected chi connectivity index (χ3v) is 5.81. The lowest BCUT2D eigenvalue weighted by Crippen LogP contribution is -2.20. The van der Waals surface area contributed by atoms with Crippen LogP contribution in [0.5, 0.6) is 5.75 Å². The number of phenols is 1. The molecule has 0 unspecified atom stereocenters. The molecule has 4 aromatic rings. The van der Waals surface area contributed by atoms with Gasteiger partial charge in [-0.25, -0.2) is 5.43 Å². The second-order valence-electron chi connectivity index (χ2n) is 6.66. The van der Waals surface area contributed by atoms with Crippen LogP contribution in [0, 0.1) is 0 Å². The summed E-state index contributed by atoms with van der Waals surface area (Å²) in [6.45, 7) is 0. The summed E-state index contributed by atoms with van der Waals surface area (Å²) in [5, 5.41) is 22.7. The topological polar surface area (TPSA) is 92.4 Å². The molecule has 1 amide bonds. The number of carbonyl (C=O) groups is 1. The van der Waals surface area contributed by atoms with Crippen molar-refractivity contribution < 1.29 is 9.90 Å². The summed E-state index contributed by atoms with van der Waals surface area (Å²) in [6.07, 6.45) is 1.47. The van der Waals surface area contributed by atoms with Gasteiger partial charge in [-0.1, -0.05) is 70.2 Å². The summed E-state index contributed by atoms with van der Waals surface area (Å²) in [5.74, 6) is 0.660. The lowest BCUT2D eigenvalue weighted by molar-refractivity contribution is -0.118. The van der Waals surface area contributed by atoms with E-state index in [1.54, 1.807) is 24.3 Å². The Bertz CT molecular complexity index is 1240. The van der Waals surface area contributed by atoms with Crippen molar-refractivity contribution in [2.45, 2.75) is 5.16 Å². The summed E-state index contributed by atoms with van der Waals surface area (Å²) in [7, 11) is 0. The van der Waals surface area contributed by atoms with Crippen LogP contribution < -0.4 is 5.43 Å². The number of phenolic OH excluding ortho intramolecular Hbond substituents is 1. The lowest BCUT2D eigenvalue weighted by Gasteiger charge is -2.10. The third kappa shape index (κ3) is 5.43. The van der Waals surface area contributed by atoms with Crippen LogP contribution in [-0.2, 0) is 4.79 Å². The SMILES string of the molecule is O=C(CSc1nnc(-c2ccc(Br)cc2)n1-c1ccccc1)N/N=C\c1cccc(O)c1. The van der Waals surface area contributed by atoms with Crippen molar-refractivity contribution >= 4 is 39.8 Å². The Balaban J connectivity index is 1.49. The first-order chi connectivity index (χ1) is 15.6. The van der Waals surface area contributed by atoms with Crippen molar-refractivity contribution in [1.29, 1.82) is 0 Å². The molecular formula is C23H18BrN5O2S. The van der Waals surface area contributed by atoms with Crippen molar-refractivity contribution in [3.05, 3.63) is 88.9 Å². The van der Waals surface area contributed by atoms with E-state index in [-0.39, 0.29) is 17.4 Å². The molecule has 0 spiro atoms. The molecule has 32 heavy (non-hydrogen) atoms. The minimum atomic E-state index is -0.279. The Labute approximate surface area is 197 Å². The Morgan fingerprint density at radius 1 is 1.06 bits per heavy atom. The van der Waals surface area contributed by atoms with Gasteiger partial charge in [0.25, 0.3) is 5.91 Å².